The smallest absolute Gasteiger partial charge is 0.253 e. The number of nitro groups is 3. The summed E-state index contributed by atoms with van der Waals surface area (Å²) in [6, 6.07) is 0. The zero-order valence-corrected chi connectivity index (χ0v) is 17.4. The van der Waals surface area contributed by atoms with Crippen LogP contribution in [0.3, 0.4) is 0 Å². The maximum Gasteiger partial charge on any atom is 0.253 e. The quantitative estimate of drug-likeness (QED) is 0.165. The van der Waals surface area contributed by atoms with Gasteiger partial charge in [-0.15, -0.1) is 0 Å². The second-order valence-electron chi connectivity index (χ2n) is 6.83. The Balaban J connectivity index is 5.01. The van der Waals surface area contributed by atoms with Gasteiger partial charge < -0.3 is 0 Å². The average Bonchev–Trinajstić information content (AvgIpc) is 2.69. The number of rotatable bonds is 18. The van der Waals surface area contributed by atoms with Crippen LogP contribution in [0.25, 0.3) is 0 Å². The molecule has 0 aromatic rings. The highest BCUT2D eigenvalue weighted by Crippen LogP contribution is 2.18. The van der Waals surface area contributed by atoms with E-state index in [1.54, 1.807) is 6.29 Å². The minimum atomic E-state index is -0.749. The van der Waals surface area contributed by atoms with E-state index in [4.69, 9.17) is 0 Å². The van der Waals surface area contributed by atoms with Crippen molar-refractivity contribution in [2.45, 2.75) is 84.0 Å². The Hall–Kier alpha value is -2.91. The molecule has 0 atom stereocenters. The molecule has 10 nitrogen and oxygen atoms in total. The minimum Gasteiger partial charge on any atom is -0.291 e. The Morgan fingerprint density at radius 1 is 0.733 bits per heavy atom. The van der Waals surface area contributed by atoms with Crippen LogP contribution >= 0.6 is 0 Å². The van der Waals surface area contributed by atoms with Gasteiger partial charge in [0.15, 0.2) is 6.29 Å². The van der Waals surface area contributed by atoms with Gasteiger partial charge >= 0.3 is 0 Å². The second kappa shape index (κ2) is 17.0. The minimum absolute atomic E-state index is 0.146. The molecule has 0 aliphatic heterocycles. The maximum atomic E-state index is 11.3. The van der Waals surface area contributed by atoms with E-state index < -0.39 is 26.9 Å². The predicted octanol–water partition coefficient (Wildman–Crippen LogP) is 5.28. The van der Waals surface area contributed by atoms with Gasteiger partial charge in [-0.05, 0) is 37.8 Å². The summed E-state index contributed by atoms with van der Waals surface area (Å²) < 4.78 is 0. The Kier molecular flexibility index (Phi) is 15.3. The third-order valence-corrected chi connectivity index (χ3v) is 4.41. The largest absolute Gasteiger partial charge is 0.291 e. The van der Waals surface area contributed by atoms with E-state index in [9.17, 15) is 35.1 Å². The first-order valence-corrected chi connectivity index (χ1v) is 10.2. The lowest BCUT2D eigenvalue weighted by molar-refractivity contribution is -0.450. The fourth-order valence-electron chi connectivity index (χ4n) is 2.70. The van der Waals surface area contributed by atoms with Crippen molar-refractivity contribution in [2.75, 3.05) is 0 Å². The van der Waals surface area contributed by atoms with Gasteiger partial charge in [0, 0.05) is 12.5 Å². The van der Waals surface area contributed by atoms with E-state index in [0.29, 0.717) is 12.8 Å². The van der Waals surface area contributed by atoms with Crippen molar-refractivity contribution in [1.82, 2.24) is 0 Å². The van der Waals surface area contributed by atoms with E-state index in [0.717, 1.165) is 44.6 Å². The molecule has 0 heterocycles. The molecule has 0 amide bonds. The van der Waals surface area contributed by atoms with Crippen molar-refractivity contribution >= 4 is 6.29 Å². The first-order chi connectivity index (χ1) is 14.3. The van der Waals surface area contributed by atoms with Crippen LogP contribution in [0, 0.1) is 30.3 Å². The lowest BCUT2D eigenvalue weighted by atomic mass is 10.1. The van der Waals surface area contributed by atoms with Crippen molar-refractivity contribution in [3.63, 3.8) is 0 Å². The molecule has 0 aromatic heterocycles. The van der Waals surface area contributed by atoms with Crippen LogP contribution in [-0.2, 0) is 4.79 Å². The van der Waals surface area contributed by atoms with Crippen molar-refractivity contribution in [3.8, 4) is 0 Å². The molecule has 1 radical (unpaired) electrons. The van der Waals surface area contributed by atoms with Crippen molar-refractivity contribution in [3.05, 3.63) is 65.7 Å². The maximum absolute atomic E-state index is 11.3. The van der Waals surface area contributed by atoms with Gasteiger partial charge in [-0.3, -0.25) is 35.1 Å². The van der Waals surface area contributed by atoms with Crippen LogP contribution in [0.4, 0.5) is 0 Å². The number of carbonyl (C=O) groups excluding carboxylic acids is 1. The topological polar surface area (TPSA) is 146 Å². The molecule has 0 rings (SSSR count). The van der Waals surface area contributed by atoms with Gasteiger partial charge in [-0.25, -0.2) is 0 Å². The summed E-state index contributed by atoms with van der Waals surface area (Å²) in [6.07, 6.45) is 12.0. The molecule has 0 saturated heterocycles. The first kappa shape index (κ1) is 27.1. The van der Waals surface area contributed by atoms with E-state index in [1.165, 1.54) is 12.2 Å². The molecule has 0 aromatic carbocycles. The Bertz CT molecular complexity index is 669. The fourth-order valence-corrected chi connectivity index (χ4v) is 2.70. The van der Waals surface area contributed by atoms with Crippen molar-refractivity contribution < 1.29 is 19.6 Å². The molecule has 0 bridgehead atoms. The molecule has 0 aliphatic carbocycles. The van der Waals surface area contributed by atoms with Gasteiger partial charge in [0.1, 0.15) is 6.42 Å². The summed E-state index contributed by atoms with van der Waals surface area (Å²) in [5, 5.41) is 33.6. The molecule has 0 N–H and O–H groups in total. The SMILES string of the molecule is CCCCCCCC/C=C(\C/C(=C\C/C(=C\CCC[C]=O)[N+](=O)[O-])[N+](=O)[O-])[N+](=O)[O-]. The summed E-state index contributed by atoms with van der Waals surface area (Å²) in [7, 11) is 0. The number of unbranched alkanes of at least 4 members (excludes halogenated alkanes) is 8. The highest BCUT2D eigenvalue weighted by molar-refractivity contribution is 5.50. The van der Waals surface area contributed by atoms with E-state index in [1.807, 2.05) is 0 Å². The molecule has 0 spiro atoms. The summed E-state index contributed by atoms with van der Waals surface area (Å²) in [6.45, 7) is 2.11. The molecular weight excluding hydrogens is 394 g/mol. The molecule has 0 saturated carbocycles. The zero-order chi connectivity index (χ0) is 22.8. The van der Waals surface area contributed by atoms with E-state index in [2.05, 4.69) is 6.92 Å². The highest BCUT2D eigenvalue weighted by Gasteiger charge is 2.22. The van der Waals surface area contributed by atoms with Crippen LogP contribution in [0.15, 0.2) is 35.3 Å². The van der Waals surface area contributed by atoms with Crippen LogP contribution in [-0.4, -0.2) is 21.1 Å². The third-order valence-electron chi connectivity index (χ3n) is 4.41. The molecule has 167 valence electrons. The summed E-state index contributed by atoms with van der Waals surface area (Å²) in [5.74, 6) is 0. The predicted molar refractivity (Wildman–Crippen MR) is 112 cm³/mol. The van der Waals surface area contributed by atoms with Gasteiger partial charge in [-0.2, -0.15) is 0 Å². The highest BCUT2D eigenvalue weighted by atomic mass is 16.6. The lowest BCUT2D eigenvalue weighted by Gasteiger charge is -2.01. The van der Waals surface area contributed by atoms with E-state index in [-0.39, 0.29) is 30.7 Å². The van der Waals surface area contributed by atoms with Gasteiger partial charge in [-0.1, -0.05) is 39.0 Å². The molecule has 0 unspecified atom stereocenters. The fraction of sp³-hybridized carbons (Fsp3) is 0.650. The number of nitrogens with zero attached hydrogens (tertiary/aromatic N) is 3. The summed E-state index contributed by atoms with van der Waals surface area (Å²) in [4.78, 5) is 41.7. The number of allylic oxidation sites excluding steroid dienone is 3. The van der Waals surface area contributed by atoms with E-state index >= 15 is 0 Å². The monoisotopic (exact) mass is 424 g/mol. The molecule has 0 aliphatic rings. The zero-order valence-electron chi connectivity index (χ0n) is 17.4. The molecular formula is C20H30N3O7. The molecule has 10 heteroatoms. The second-order valence-corrected chi connectivity index (χ2v) is 6.83. The summed E-state index contributed by atoms with van der Waals surface area (Å²) >= 11 is 0. The first-order valence-electron chi connectivity index (χ1n) is 10.2. The molecule has 30 heavy (non-hydrogen) atoms. The van der Waals surface area contributed by atoms with Crippen LogP contribution in [0.2, 0.25) is 0 Å². The Labute approximate surface area is 176 Å². The number of hydrogen-bond acceptors (Lipinski definition) is 7. The Morgan fingerprint density at radius 3 is 1.80 bits per heavy atom. The Morgan fingerprint density at radius 2 is 1.23 bits per heavy atom. The number of hydrogen-bond donors (Lipinski definition) is 0. The summed E-state index contributed by atoms with van der Waals surface area (Å²) in [5.41, 5.74) is -0.978. The average molecular weight is 424 g/mol. The van der Waals surface area contributed by atoms with Crippen molar-refractivity contribution in [2.24, 2.45) is 0 Å². The molecule has 0 fully saturated rings. The van der Waals surface area contributed by atoms with Crippen LogP contribution < -0.4 is 0 Å². The normalized spacial score (nSPS) is 12.6. The standard InChI is InChI=1S/C20H30N3O7/c1-2-3-4-5-6-7-9-13-19(22(27)28)17-20(23(29)30)15-14-18(21(25)26)12-10-8-11-16-24/h12-13,15H,2-11,14,17H2,1H3/b18-12+,19-13+,20-15+. The van der Waals surface area contributed by atoms with Crippen LogP contribution in [0.5, 0.6) is 0 Å². The lowest BCUT2D eigenvalue weighted by Crippen LogP contribution is -2.07. The van der Waals surface area contributed by atoms with Crippen molar-refractivity contribution in [1.29, 1.82) is 0 Å². The van der Waals surface area contributed by atoms with Crippen LogP contribution in [0.1, 0.15) is 84.0 Å². The van der Waals surface area contributed by atoms with Gasteiger partial charge in [0.05, 0.1) is 21.2 Å². The van der Waals surface area contributed by atoms with Gasteiger partial charge in [0.25, 0.3) is 11.4 Å². The van der Waals surface area contributed by atoms with Gasteiger partial charge in [0.2, 0.25) is 5.70 Å². The third kappa shape index (κ3) is 13.3.